The normalized spacial score (nSPS) is 25.8. The number of carbonyl (C=O) groups is 1. The zero-order chi connectivity index (χ0) is 18.7. The molecule has 1 amide bonds. The van der Waals surface area contributed by atoms with E-state index in [2.05, 4.69) is 29.2 Å². The first kappa shape index (κ1) is 19.4. The molecule has 2 fully saturated rings. The first-order valence-electron chi connectivity index (χ1n) is 9.64. The molecular weight excluding hydrogens is 348 g/mol. The minimum Gasteiger partial charge on any atom is -0.337 e. The van der Waals surface area contributed by atoms with Gasteiger partial charge in [-0.2, -0.15) is 0 Å². The molecule has 2 atom stereocenters. The monoisotopic (exact) mass is 378 g/mol. The van der Waals surface area contributed by atoms with Gasteiger partial charge in [0, 0.05) is 12.6 Å². The van der Waals surface area contributed by atoms with Crippen LogP contribution < -0.4 is 0 Å². The molecule has 0 N–H and O–H groups in total. The van der Waals surface area contributed by atoms with Crippen molar-refractivity contribution in [1.82, 2.24) is 9.80 Å². The number of sulfone groups is 1. The van der Waals surface area contributed by atoms with Crippen molar-refractivity contribution in [2.24, 2.45) is 5.92 Å². The second-order valence-electron chi connectivity index (χ2n) is 7.84. The Bertz CT molecular complexity index is 712. The molecule has 0 spiro atoms. The van der Waals surface area contributed by atoms with E-state index >= 15 is 0 Å². The quantitative estimate of drug-likeness (QED) is 0.804. The summed E-state index contributed by atoms with van der Waals surface area (Å²) in [5, 5.41) is 0. The van der Waals surface area contributed by atoms with Crippen molar-refractivity contribution in [2.45, 2.75) is 45.2 Å². The standard InChI is InChI=1S/C20H30N2O3S/c1-16-15-26(24,25)13-12-22(16)20(23)17(2)21-10-8-19(9-11-21)14-18-6-4-3-5-7-18/h3-7,16-17,19H,8-15H2,1-2H3. The van der Waals surface area contributed by atoms with Crippen LogP contribution in [0.2, 0.25) is 0 Å². The molecule has 0 aliphatic carbocycles. The topological polar surface area (TPSA) is 57.7 Å². The number of piperidine rings is 1. The minimum atomic E-state index is -2.99. The highest BCUT2D eigenvalue weighted by Gasteiger charge is 2.35. The molecule has 2 saturated heterocycles. The molecule has 3 rings (SSSR count). The predicted molar refractivity (Wildman–Crippen MR) is 104 cm³/mol. The van der Waals surface area contributed by atoms with Gasteiger partial charge in [-0.25, -0.2) is 8.42 Å². The Balaban J connectivity index is 1.51. The van der Waals surface area contributed by atoms with Crippen LogP contribution in [0, 0.1) is 5.92 Å². The van der Waals surface area contributed by atoms with E-state index in [4.69, 9.17) is 0 Å². The second kappa shape index (κ2) is 8.09. The van der Waals surface area contributed by atoms with E-state index in [1.54, 1.807) is 4.90 Å². The summed E-state index contributed by atoms with van der Waals surface area (Å²) in [5.74, 6) is 0.934. The number of hydrogen-bond donors (Lipinski definition) is 0. The molecule has 0 saturated carbocycles. The lowest BCUT2D eigenvalue weighted by atomic mass is 9.89. The van der Waals surface area contributed by atoms with Gasteiger partial charge in [0.1, 0.15) is 0 Å². The molecule has 2 aliphatic heterocycles. The summed E-state index contributed by atoms with van der Waals surface area (Å²) in [7, 11) is -2.99. The lowest BCUT2D eigenvalue weighted by Crippen LogP contribution is -2.56. The smallest absolute Gasteiger partial charge is 0.239 e. The summed E-state index contributed by atoms with van der Waals surface area (Å²) in [6.45, 7) is 6.01. The van der Waals surface area contributed by atoms with Crippen LogP contribution in [0.15, 0.2) is 30.3 Å². The molecule has 2 unspecified atom stereocenters. The number of amides is 1. The highest BCUT2D eigenvalue weighted by Crippen LogP contribution is 2.24. The zero-order valence-corrected chi connectivity index (χ0v) is 16.6. The summed E-state index contributed by atoms with van der Waals surface area (Å²) in [6.07, 6.45) is 3.32. The average molecular weight is 379 g/mol. The van der Waals surface area contributed by atoms with Gasteiger partial charge < -0.3 is 4.90 Å². The molecule has 2 heterocycles. The highest BCUT2D eigenvalue weighted by atomic mass is 32.2. The summed E-state index contributed by atoms with van der Waals surface area (Å²) in [5.41, 5.74) is 1.39. The molecular formula is C20H30N2O3S. The van der Waals surface area contributed by atoms with Crippen LogP contribution in [0.4, 0.5) is 0 Å². The van der Waals surface area contributed by atoms with Crippen molar-refractivity contribution < 1.29 is 13.2 Å². The molecule has 144 valence electrons. The summed E-state index contributed by atoms with van der Waals surface area (Å²) in [6, 6.07) is 10.2. The molecule has 0 radical (unpaired) electrons. The van der Waals surface area contributed by atoms with E-state index in [9.17, 15) is 13.2 Å². The van der Waals surface area contributed by atoms with E-state index in [1.165, 1.54) is 5.56 Å². The van der Waals surface area contributed by atoms with Crippen molar-refractivity contribution in [3.63, 3.8) is 0 Å². The number of hydrogen-bond acceptors (Lipinski definition) is 4. The Labute approximate surface area is 157 Å². The van der Waals surface area contributed by atoms with Crippen molar-refractivity contribution in [1.29, 1.82) is 0 Å². The van der Waals surface area contributed by atoms with E-state index < -0.39 is 9.84 Å². The Morgan fingerprint density at radius 2 is 1.81 bits per heavy atom. The number of rotatable bonds is 4. The van der Waals surface area contributed by atoms with Crippen LogP contribution >= 0.6 is 0 Å². The highest BCUT2D eigenvalue weighted by molar-refractivity contribution is 7.91. The fourth-order valence-electron chi connectivity index (χ4n) is 4.21. The molecule has 1 aromatic carbocycles. The number of carbonyl (C=O) groups excluding carboxylic acids is 1. The third-order valence-corrected chi connectivity index (χ3v) is 7.67. The van der Waals surface area contributed by atoms with Gasteiger partial charge in [0.2, 0.25) is 5.91 Å². The Kier molecular flexibility index (Phi) is 6.03. The second-order valence-corrected chi connectivity index (χ2v) is 10.1. The number of nitrogens with zero attached hydrogens (tertiary/aromatic N) is 2. The Morgan fingerprint density at radius 1 is 1.15 bits per heavy atom. The molecule has 0 aromatic heterocycles. The van der Waals surface area contributed by atoms with Crippen LogP contribution in [0.1, 0.15) is 32.3 Å². The summed E-state index contributed by atoms with van der Waals surface area (Å²) < 4.78 is 23.5. The molecule has 6 heteroatoms. The third kappa shape index (κ3) is 4.65. The lowest BCUT2D eigenvalue weighted by molar-refractivity contribution is -0.138. The van der Waals surface area contributed by atoms with Gasteiger partial charge in [0.25, 0.3) is 0 Å². The fraction of sp³-hybridized carbons (Fsp3) is 0.650. The third-order valence-electron chi connectivity index (χ3n) is 5.87. The van der Waals surface area contributed by atoms with Crippen molar-refractivity contribution in [2.75, 3.05) is 31.1 Å². The zero-order valence-electron chi connectivity index (χ0n) is 15.8. The summed E-state index contributed by atoms with van der Waals surface area (Å²) in [4.78, 5) is 16.9. The molecule has 2 aliphatic rings. The Hall–Kier alpha value is -1.40. The minimum absolute atomic E-state index is 0.0777. The van der Waals surface area contributed by atoms with Crippen molar-refractivity contribution in [3.05, 3.63) is 35.9 Å². The van der Waals surface area contributed by atoms with Gasteiger partial charge in [0.15, 0.2) is 9.84 Å². The van der Waals surface area contributed by atoms with Crippen LogP contribution in [-0.4, -0.2) is 67.3 Å². The van der Waals surface area contributed by atoms with Crippen molar-refractivity contribution >= 4 is 15.7 Å². The average Bonchev–Trinajstić information content (AvgIpc) is 2.61. The maximum atomic E-state index is 12.9. The van der Waals surface area contributed by atoms with Gasteiger partial charge in [-0.1, -0.05) is 30.3 Å². The van der Waals surface area contributed by atoms with Gasteiger partial charge >= 0.3 is 0 Å². The van der Waals surface area contributed by atoms with Gasteiger partial charge in [0.05, 0.1) is 17.5 Å². The van der Waals surface area contributed by atoms with Gasteiger partial charge in [-0.05, 0) is 57.7 Å². The maximum Gasteiger partial charge on any atom is 0.239 e. The summed E-state index contributed by atoms with van der Waals surface area (Å²) >= 11 is 0. The van der Waals surface area contributed by atoms with Crippen molar-refractivity contribution in [3.8, 4) is 0 Å². The number of benzene rings is 1. The molecule has 26 heavy (non-hydrogen) atoms. The first-order chi connectivity index (χ1) is 12.4. The van der Waals surface area contributed by atoms with Crippen LogP contribution in [0.3, 0.4) is 0 Å². The molecule has 5 nitrogen and oxygen atoms in total. The van der Waals surface area contributed by atoms with Gasteiger partial charge in [-0.15, -0.1) is 0 Å². The lowest BCUT2D eigenvalue weighted by Gasteiger charge is -2.40. The van der Waals surface area contributed by atoms with E-state index in [0.29, 0.717) is 12.5 Å². The first-order valence-corrected chi connectivity index (χ1v) is 11.5. The number of likely N-dealkylation sites (tertiary alicyclic amines) is 1. The predicted octanol–water partition coefficient (Wildman–Crippen LogP) is 1.98. The van der Waals surface area contributed by atoms with Crippen LogP contribution in [0.5, 0.6) is 0 Å². The largest absolute Gasteiger partial charge is 0.337 e. The van der Waals surface area contributed by atoms with Crippen LogP contribution in [-0.2, 0) is 21.1 Å². The maximum absolute atomic E-state index is 12.9. The fourth-order valence-corrected chi connectivity index (χ4v) is 5.77. The molecule has 0 bridgehead atoms. The van der Waals surface area contributed by atoms with E-state index in [-0.39, 0.29) is 29.5 Å². The van der Waals surface area contributed by atoms with Crippen LogP contribution in [0.25, 0.3) is 0 Å². The van der Waals surface area contributed by atoms with Gasteiger partial charge in [-0.3, -0.25) is 9.69 Å². The molecule has 1 aromatic rings. The SMILES string of the molecule is CC(C(=O)N1CCS(=O)(=O)CC1C)N1CCC(Cc2ccccc2)CC1. The van der Waals surface area contributed by atoms with E-state index in [1.807, 2.05) is 19.9 Å². The van der Waals surface area contributed by atoms with E-state index in [0.717, 1.165) is 32.4 Å². The Morgan fingerprint density at radius 3 is 2.42 bits per heavy atom.